The van der Waals surface area contributed by atoms with E-state index < -0.39 is 16.0 Å². The van der Waals surface area contributed by atoms with Gasteiger partial charge in [0.2, 0.25) is 10.0 Å². The van der Waals surface area contributed by atoms with Gasteiger partial charge in [0.1, 0.15) is 0 Å². The lowest BCUT2D eigenvalue weighted by Gasteiger charge is -2.08. The van der Waals surface area contributed by atoms with E-state index in [9.17, 15) is 13.2 Å². The van der Waals surface area contributed by atoms with Gasteiger partial charge in [0.15, 0.2) is 0 Å². The van der Waals surface area contributed by atoms with E-state index in [4.69, 9.17) is 0 Å². The van der Waals surface area contributed by atoms with E-state index in [1.54, 1.807) is 12.1 Å². The average molecular weight is 333 g/mol. The highest BCUT2D eigenvalue weighted by atomic mass is 32.2. The number of rotatable bonds is 7. The zero-order chi connectivity index (χ0) is 16.7. The zero-order valence-electron chi connectivity index (χ0n) is 12.9. The molecule has 0 aromatic heterocycles. The molecule has 2 rings (SSSR count). The van der Waals surface area contributed by atoms with Crippen LogP contribution in [-0.4, -0.2) is 27.2 Å². The van der Waals surface area contributed by atoms with Gasteiger partial charge in [-0.3, -0.25) is 4.72 Å². The number of hydrogen-bond acceptors (Lipinski definition) is 4. The van der Waals surface area contributed by atoms with Crippen molar-refractivity contribution >= 4 is 21.7 Å². The molecule has 0 aliphatic rings. The van der Waals surface area contributed by atoms with Crippen LogP contribution >= 0.6 is 0 Å². The highest BCUT2D eigenvalue weighted by molar-refractivity contribution is 7.92. The van der Waals surface area contributed by atoms with Crippen LogP contribution in [0.15, 0.2) is 54.6 Å². The number of anilines is 1. The molecule has 2 aromatic rings. The Bertz CT molecular complexity index is 740. The average Bonchev–Trinajstić information content (AvgIpc) is 2.55. The van der Waals surface area contributed by atoms with Gasteiger partial charge in [-0.2, -0.15) is 0 Å². The number of hydrogen-bond donors (Lipinski definition) is 1. The molecule has 0 unspecified atom stereocenters. The minimum atomic E-state index is -3.41. The summed E-state index contributed by atoms with van der Waals surface area (Å²) in [6, 6.07) is 15.9. The minimum absolute atomic E-state index is 0.0423. The number of esters is 1. The van der Waals surface area contributed by atoms with E-state index >= 15 is 0 Å². The highest BCUT2D eigenvalue weighted by Gasteiger charge is 2.11. The summed E-state index contributed by atoms with van der Waals surface area (Å²) in [7, 11) is -2.11. The predicted molar refractivity (Wildman–Crippen MR) is 90.0 cm³/mol. The molecule has 0 heterocycles. The summed E-state index contributed by atoms with van der Waals surface area (Å²) in [5.41, 5.74) is 1.92. The first-order valence-corrected chi connectivity index (χ1v) is 8.88. The van der Waals surface area contributed by atoms with Crippen LogP contribution in [-0.2, 0) is 21.2 Å². The van der Waals surface area contributed by atoms with Gasteiger partial charge in [0, 0.05) is 5.69 Å². The molecule has 0 bridgehead atoms. The SMILES string of the molecule is COC(=O)c1ccc(NS(=O)(=O)CCCc2ccccc2)cc1. The molecule has 0 aliphatic carbocycles. The molecule has 0 atom stereocenters. The summed E-state index contributed by atoms with van der Waals surface area (Å²) in [5, 5.41) is 0. The topological polar surface area (TPSA) is 72.5 Å². The van der Waals surface area contributed by atoms with E-state index in [1.165, 1.54) is 19.2 Å². The van der Waals surface area contributed by atoms with Crippen LogP contribution in [0.1, 0.15) is 22.3 Å². The largest absolute Gasteiger partial charge is 0.465 e. The fraction of sp³-hybridized carbons (Fsp3) is 0.235. The lowest BCUT2D eigenvalue weighted by Crippen LogP contribution is -2.17. The lowest BCUT2D eigenvalue weighted by molar-refractivity contribution is 0.0601. The maximum atomic E-state index is 12.1. The third-order valence-electron chi connectivity index (χ3n) is 3.30. The van der Waals surface area contributed by atoms with E-state index in [0.29, 0.717) is 24.1 Å². The number of aryl methyl sites for hydroxylation is 1. The first-order chi connectivity index (χ1) is 11.0. The van der Waals surface area contributed by atoms with E-state index in [0.717, 1.165) is 5.56 Å². The number of carbonyl (C=O) groups is 1. The second-order valence-electron chi connectivity index (χ2n) is 5.08. The molecule has 0 radical (unpaired) electrons. The molecule has 0 amide bonds. The van der Waals surface area contributed by atoms with Crippen LogP contribution in [0.2, 0.25) is 0 Å². The number of carbonyl (C=O) groups excluding carboxylic acids is 1. The minimum Gasteiger partial charge on any atom is -0.465 e. The van der Waals surface area contributed by atoms with Crippen molar-refractivity contribution in [3.63, 3.8) is 0 Å². The molecule has 0 spiro atoms. The fourth-order valence-electron chi connectivity index (χ4n) is 2.13. The van der Waals surface area contributed by atoms with Crippen molar-refractivity contribution in [2.45, 2.75) is 12.8 Å². The Labute approximate surface area is 136 Å². The van der Waals surface area contributed by atoms with Crippen LogP contribution in [0.25, 0.3) is 0 Å². The quantitative estimate of drug-likeness (QED) is 0.791. The normalized spacial score (nSPS) is 11.0. The fourth-order valence-corrected chi connectivity index (χ4v) is 3.26. The molecule has 5 nitrogen and oxygen atoms in total. The smallest absolute Gasteiger partial charge is 0.337 e. The zero-order valence-corrected chi connectivity index (χ0v) is 13.7. The van der Waals surface area contributed by atoms with Crippen LogP contribution in [0, 0.1) is 0 Å². The Balaban J connectivity index is 1.89. The molecule has 0 saturated carbocycles. The van der Waals surface area contributed by atoms with Crippen molar-refractivity contribution in [2.24, 2.45) is 0 Å². The van der Waals surface area contributed by atoms with Gasteiger partial charge in [-0.1, -0.05) is 30.3 Å². The molecular formula is C17H19NO4S. The maximum absolute atomic E-state index is 12.1. The van der Waals surface area contributed by atoms with Gasteiger partial charge in [0.05, 0.1) is 18.4 Å². The summed E-state index contributed by atoms with van der Waals surface area (Å²) in [5.74, 6) is -0.414. The lowest BCUT2D eigenvalue weighted by atomic mass is 10.1. The Hall–Kier alpha value is -2.34. The molecule has 1 N–H and O–H groups in total. The summed E-state index contributed by atoms with van der Waals surface area (Å²) >= 11 is 0. The number of methoxy groups -OCH3 is 1. The van der Waals surface area contributed by atoms with Gasteiger partial charge in [-0.25, -0.2) is 13.2 Å². The summed E-state index contributed by atoms with van der Waals surface area (Å²) in [6.45, 7) is 0. The molecule has 122 valence electrons. The first-order valence-electron chi connectivity index (χ1n) is 7.23. The van der Waals surface area contributed by atoms with Crippen LogP contribution < -0.4 is 4.72 Å². The summed E-state index contributed by atoms with van der Waals surface area (Å²) in [6.07, 6.45) is 1.25. The van der Waals surface area contributed by atoms with Gasteiger partial charge < -0.3 is 4.74 Å². The Kier molecular flexibility index (Phi) is 5.76. The molecule has 0 aliphatic heterocycles. The molecule has 6 heteroatoms. The Morgan fingerprint density at radius 3 is 2.30 bits per heavy atom. The van der Waals surface area contributed by atoms with Crippen LogP contribution in [0.4, 0.5) is 5.69 Å². The molecule has 0 saturated heterocycles. The summed E-state index contributed by atoms with van der Waals surface area (Å²) < 4.78 is 31.2. The van der Waals surface area contributed by atoms with Crippen molar-refractivity contribution in [3.05, 3.63) is 65.7 Å². The van der Waals surface area contributed by atoms with Crippen LogP contribution in [0.3, 0.4) is 0 Å². The van der Waals surface area contributed by atoms with E-state index in [2.05, 4.69) is 9.46 Å². The van der Waals surface area contributed by atoms with Gasteiger partial charge in [0.25, 0.3) is 0 Å². The van der Waals surface area contributed by atoms with E-state index in [1.807, 2.05) is 30.3 Å². The predicted octanol–water partition coefficient (Wildman–Crippen LogP) is 2.85. The Morgan fingerprint density at radius 2 is 1.70 bits per heavy atom. The first kappa shape index (κ1) is 17.0. The van der Waals surface area contributed by atoms with Gasteiger partial charge >= 0.3 is 5.97 Å². The molecule has 0 fully saturated rings. The van der Waals surface area contributed by atoms with Crippen molar-refractivity contribution in [1.29, 1.82) is 0 Å². The molecule has 2 aromatic carbocycles. The number of sulfonamides is 1. The second-order valence-corrected chi connectivity index (χ2v) is 6.92. The van der Waals surface area contributed by atoms with Crippen molar-refractivity contribution in [1.82, 2.24) is 0 Å². The van der Waals surface area contributed by atoms with E-state index in [-0.39, 0.29) is 5.75 Å². The number of benzene rings is 2. The van der Waals surface area contributed by atoms with Gasteiger partial charge in [-0.15, -0.1) is 0 Å². The second kappa shape index (κ2) is 7.78. The third kappa shape index (κ3) is 5.41. The number of nitrogens with one attached hydrogen (secondary N) is 1. The maximum Gasteiger partial charge on any atom is 0.337 e. The van der Waals surface area contributed by atoms with Crippen molar-refractivity contribution in [2.75, 3.05) is 17.6 Å². The summed E-state index contributed by atoms with van der Waals surface area (Å²) in [4.78, 5) is 11.3. The Morgan fingerprint density at radius 1 is 1.04 bits per heavy atom. The molecular weight excluding hydrogens is 314 g/mol. The molecule has 23 heavy (non-hydrogen) atoms. The van der Waals surface area contributed by atoms with Crippen LogP contribution in [0.5, 0.6) is 0 Å². The monoisotopic (exact) mass is 333 g/mol. The standard InChI is InChI=1S/C17H19NO4S/c1-22-17(19)15-9-11-16(12-10-15)18-23(20,21)13-5-8-14-6-3-2-4-7-14/h2-4,6-7,9-12,18H,5,8,13H2,1H3. The van der Waals surface area contributed by atoms with Gasteiger partial charge in [-0.05, 0) is 42.7 Å². The number of ether oxygens (including phenoxy) is 1. The third-order valence-corrected chi connectivity index (χ3v) is 4.67. The van der Waals surface area contributed by atoms with Crippen molar-refractivity contribution < 1.29 is 17.9 Å². The highest BCUT2D eigenvalue weighted by Crippen LogP contribution is 2.13. The van der Waals surface area contributed by atoms with Crippen molar-refractivity contribution in [3.8, 4) is 0 Å².